The molecule has 0 atom stereocenters. The standard InChI is InChI=1S/C13H17N3S/c1-14-9-5-8-12-15-16-13(17-12)10-11-6-3-2-4-7-11/h2-4,6-7,14H,5,8-10H2,1H3. The molecular weight excluding hydrogens is 230 g/mol. The Kier molecular flexibility index (Phi) is 4.64. The first kappa shape index (κ1) is 12.2. The van der Waals surface area contributed by atoms with Crippen LogP contribution < -0.4 is 5.32 Å². The van der Waals surface area contributed by atoms with Crippen LogP contribution in [0.4, 0.5) is 0 Å². The van der Waals surface area contributed by atoms with Crippen molar-refractivity contribution in [3.8, 4) is 0 Å². The Labute approximate surface area is 106 Å². The Morgan fingerprint density at radius 1 is 1.12 bits per heavy atom. The number of benzene rings is 1. The van der Waals surface area contributed by atoms with Crippen molar-refractivity contribution in [2.75, 3.05) is 13.6 Å². The van der Waals surface area contributed by atoms with Gasteiger partial charge in [-0.1, -0.05) is 30.3 Å². The third-order valence-corrected chi connectivity index (χ3v) is 3.51. The second-order valence-electron chi connectivity index (χ2n) is 3.96. The fourth-order valence-electron chi connectivity index (χ4n) is 1.65. The molecule has 0 aliphatic rings. The lowest BCUT2D eigenvalue weighted by atomic mass is 10.2. The number of aryl methyl sites for hydroxylation is 1. The second kappa shape index (κ2) is 6.47. The highest BCUT2D eigenvalue weighted by Crippen LogP contribution is 2.15. The van der Waals surface area contributed by atoms with E-state index in [9.17, 15) is 0 Å². The Balaban J connectivity index is 1.90. The largest absolute Gasteiger partial charge is 0.320 e. The van der Waals surface area contributed by atoms with Crippen molar-refractivity contribution >= 4 is 11.3 Å². The topological polar surface area (TPSA) is 37.8 Å². The summed E-state index contributed by atoms with van der Waals surface area (Å²) < 4.78 is 0. The summed E-state index contributed by atoms with van der Waals surface area (Å²) in [6.45, 7) is 1.04. The highest BCUT2D eigenvalue weighted by atomic mass is 32.1. The van der Waals surface area contributed by atoms with E-state index >= 15 is 0 Å². The van der Waals surface area contributed by atoms with Gasteiger partial charge in [-0.15, -0.1) is 21.5 Å². The molecule has 90 valence electrons. The van der Waals surface area contributed by atoms with Gasteiger partial charge in [-0.3, -0.25) is 0 Å². The van der Waals surface area contributed by atoms with Crippen molar-refractivity contribution in [1.82, 2.24) is 15.5 Å². The minimum absolute atomic E-state index is 0.893. The molecule has 0 spiro atoms. The quantitative estimate of drug-likeness (QED) is 0.796. The number of hydrogen-bond acceptors (Lipinski definition) is 4. The second-order valence-corrected chi connectivity index (χ2v) is 5.11. The number of rotatable bonds is 6. The van der Waals surface area contributed by atoms with E-state index in [1.165, 1.54) is 5.56 Å². The van der Waals surface area contributed by atoms with Gasteiger partial charge in [0.15, 0.2) is 0 Å². The van der Waals surface area contributed by atoms with Gasteiger partial charge >= 0.3 is 0 Å². The van der Waals surface area contributed by atoms with Crippen LogP contribution in [0, 0.1) is 0 Å². The van der Waals surface area contributed by atoms with Gasteiger partial charge in [-0.2, -0.15) is 0 Å². The number of nitrogens with one attached hydrogen (secondary N) is 1. The van der Waals surface area contributed by atoms with Crippen molar-refractivity contribution in [2.24, 2.45) is 0 Å². The van der Waals surface area contributed by atoms with Gasteiger partial charge in [0.25, 0.3) is 0 Å². The van der Waals surface area contributed by atoms with E-state index in [2.05, 4.69) is 39.8 Å². The molecule has 0 saturated carbocycles. The average molecular weight is 247 g/mol. The van der Waals surface area contributed by atoms with Gasteiger partial charge in [0.05, 0.1) is 0 Å². The molecule has 0 bridgehead atoms. The summed E-state index contributed by atoms with van der Waals surface area (Å²) in [5.41, 5.74) is 1.30. The molecule has 0 radical (unpaired) electrons. The summed E-state index contributed by atoms with van der Waals surface area (Å²) in [5.74, 6) is 0. The first-order chi connectivity index (χ1) is 8.38. The summed E-state index contributed by atoms with van der Waals surface area (Å²) >= 11 is 1.73. The van der Waals surface area contributed by atoms with Crippen molar-refractivity contribution in [1.29, 1.82) is 0 Å². The highest BCUT2D eigenvalue weighted by Gasteiger charge is 2.04. The van der Waals surface area contributed by atoms with Gasteiger partial charge in [-0.25, -0.2) is 0 Å². The number of aromatic nitrogens is 2. The van der Waals surface area contributed by atoms with Crippen LogP contribution in [0.1, 0.15) is 22.0 Å². The predicted molar refractivity (Wildman–Crippen MR) is 71.4 cm³/mol. The lowest BCUT2D eigenvalue weighted by molar-refractivity contribution is 0.717. The molecule has 0 unspecified atom stereocenters. The molecule has 3 nitrogen and oxygen atoms in total. The van der Waals surface area contributed by atoms with E-state index in [4.69, 9.17) is 0 Å². The average Bonchev–Trinajstić information content (AvgIpc) is 2.79. The molecule has 0 saturated heterocycles. The molecule has 2 aromatic rings. The van der Waals surface area contributed by atoms with Crippen LogP contribution in [-0.4, -0.2) is 23.8 Å². The molecule has 0 fully saturated rings. The van der Waals surface area contributed by atoms with Crippen LogP contribution in [0.5, 0.6) is 0 Å². The Hall–Kier alpha value is -1.26. The van der Waals surface area contributed by atoms with Gasteiger partial charge in [0.1, 0.15) is 10.0 Å². The summed E-state index contributed by atoms with van der Waals surface area (Å²) in [7, 11) is 1.97. The minimum atomic E-state index is 0.893. The van der Waals surface area contributed by atoms with Crippen LogP contribution in [0.15, 0.2) is 30.3 Å². The zero-order valence-electron chi connectivity index (χ0n) is 10.0. The molecule has 0 aliphatic carbocycles. The van der Waals surface area contributed by atoms with E-state index in [1.807, 2.05) is 13.1 Å². The van der Waals surface area contributed by atoms with E-state index in [-0.39, 0.29) is 0 Å². The van der Waals surface area contributed by atoms with E-state index < -0.39 is 0 Å². The maximum atomic E-state index is 4.24. The Bertz CT molecular complexity index is 439. The molecule has 1 heterocycles. The molecule has 1 aromatic carbocycles. The van der Waals surface area contributed by atoms with E-state index in [0.717, 1.165) is 35.8 Å². The predicted octanol–water partition coefficient (Wildman–Crippen LogP) is 2.28. The summed E-state index contributed by atoms with van der Waals surface area (Å²) in [6, 6.07) is 10.4. The maximum Gasteiger partial charge on any atom is 0.121 e. The SMILES string of the molecule is CNCCCc1nnc(Cc2ccccc2)s1. The third-order valence-electron chi connectivity index (χ3n) is 2.52. The number of nitrogens with zero attached hydrogens (tertiary/aromatic N) is 2. The molecule has 1 N–H and O–H groups in total. The summed E-state index contributed by atoms with van der Waals surface area (Å²) in [5, 5.41) is 13.9. The van der Waals surface area contributed by atoms with Crippen LogP contribution in [0.2, 0.25) is 0 Å². The Morgan fingerprint density at radius 2 is 1.88 bits per heavy atom. The Morgan fingerprint density at radius 3 is 2.65 bits per heavy atom. The molecule has 17 heavy (non-hydrogen) atoms. The maximum absolute atomic E-state index is 4.24. The van der Waals surface area contributed by atoms with Crippen LogP contribution in [0.3, 0.4) is 0 Å². The van der Waals surface area contributed by atoms with Crippen molar-refractivity contribution in [3.05, 3.63) is 45.9 Å². The van der Waals surface area contributed by atoms with Crippen LogP contribution >= 0.6 is 11.3 Å². The molecule has 0 amide bonds. The first-order valence-corrected chi connectivity index (χ1v) is 6.70. The van der Waals surface area contributed by atoms with Gasteiger partial charge in [0.2, 0.25) is 0 Å². The molecule has 4 heteroatoms. The monoisotopic (exact) mass is 247 g/mol. The molecule has 2 rings (SSSR count). The minimum Gasteiger partial charge on any atom is -0.320 e. The summed E-state index contributed by atoms with van der Waals surface area (Å²) in [6.07, 6.45) is 3.04. The van der Waals surface area contributed by atoms with Gasteiger partial charge in [0, 0.05) is 12.8 Å². The highest BCUT2D eigenvalue weighted by molar-refractivity contribution is 7.11. The summed E-state index contributed by atoms with van der Waals surface area (Å²) in [4.78, 5) is 0. The van der Waals surface area contributed by atoms with Crippen molar-refractivity contribution in [3.63, 3.8) is 0 Å². The lowest BCUT2D eigenvalue weighted by Crippen LogP contribution is -2.08. The van der Waals surface area contributed by atoms with Gasteiger partial charge in [-0.05, 0) is 25.6 Å². The zero-order chi connectivity index (χ0) is 11.9. The van der Waals surface area contributed by atoms with Crippen molar-refractivity contribution in [2.45, 2.75) is 19.3 Å². The zero-order valence-corrected chi connectivity index (χ0v) is 10.8. The molecule has 1 aromatic heterocycles. The fraction of sp³-hybridized carbons (Fsp3) is 0.385. The molecular formula is C13H17N3S. The lowest BCUT2D eigenvalue weighted by Gasteiger charge is -1.95. The smallest absolute Gasteiger partial charge is 0.121 e. The number of hydrogen-bond donors (Lipinski definition) is 1. The molecule has 0 aliphatic heterocycles. The van der Waals surface area contributed by atoms with Gasteiger partial charge < -0.3 is 5.32 Å². The van der Waals surface area contributed by atoms with E-state index in [1.54, 1.807) is 11.3 Å². The fourth-order valence-corrected chi connectivity index (χ4v) is 2.57. The van der Waals surface area contributed by atoms with E-state index in [0.29, 0.717) is 0 Å². The normalized spacial score (nSPS) is 10.6. The third kappa shape index (κ3) is 3.91. The van der Waals surface area contributed by atoms with Crippen molar-refractivity contribution < 1.29 is 0 Å². The van der Waals surface area contributed by atoms with Crippen LogP contribution in [0.25, 0.3) is 0 Å². The van der Waals surface area contributed by atoms with Crippen LogP contribution in [-0.2, 0) is 12.8 Å². The first-order valence-electron chi connectivity index (χ1n) is 5.88.